The lowest BCUT2D eigenvalue weighted by molar-refractivity contribution is -0.148. The van der Waals surface area contributed by atoms with Gasteiger partial charge in [0.25, 0.3) is 5.91 Å². The molecule has 1 aliphatic rings. The fourth-order valence-electron chi connectivity index (χ4n) is 3.04. The average Bonchev–Trinajstić information content (AvgIpc) is 2.92. The number of pyridine rings is 1. The highest BCUT2D eigenvalue weighted by Crippen LogP contribution is 2.36. The zero-order valence-electron chi connectivity index (χ0n) is 12.3. The Balaban J connectivity index is 2.39. The Morgan fingerprint density at radius 3 is 2.90 bits per heavy atom. The van der Waals surface area contributed by atoms with Crippen molar-refractivity contribution in [2.24, 2.45) is 0 Å². The van der Waals surface area contributed by atoms with Crippen LogP contribution in [0.5, 0.6) is 0 Å². The van der Waals surface area contributed by atoms with Crippen molar-refractivity contribution in [3.05, 3.63) is 23.9 Å². The molecular weight excluding hydrogens is 288 g/mol. The molecule has 1 atom stereocenters. The van der Waals surface area contributed by atoms with E-state index in [9.17, 15) is 14.7 Å². The van der Waals surface area contributed by atoms with Gasteiger partial charge in [0, 0.05) is 12.7 Å². The van der Waals surface area contributed by atoms with Crippen LogP contribution >= 0.6 is 11.8 Å². The van der Waals surface area contributed by atoms with Crippen LogP contribution in [0.3, 0.4) is 0 Å². The molecule has 1 saturated heterocycles. The van der Waals surface area contributed by atoms with E-state index in [0.29, 0.717) is 30.0 Å². The van der Waals surface area contributed by atoms with E-state index in [1.54, 1.807) is 18.3 Å². The van der Waals surface area contributed by atoms with Gasteiger partial charge in [-0.3, -0.25) is 4.79 Å². The molecule has 2 heterocycles. The van der Waals surface area contributed by atoms with Crippen molar-refractivity contribution < 1.29 is 14.7 Å². The Labute approximate surface area is 128 Å². The highest BCUT2D eigenvalue weighted by molar-refractivity contribution is 7.98. The average molecular weight is 308 g/mol. The predicted octanol–water partition coefficient (Wildman–Crippen LogP) is 2.66. The van der Waals surface area contributed by atoms with Gasteiger partial charge in [0.2, 0.25) is 0 Å². The van der Waals surface area contributed by atoms with E-state index in [4.69, 9.17) is 0 Å². The highest BCUT2D eigenvalue weighted by Gasteiger charge is 2.49. The first-order valence-electron chi connectivity index (χ1n) is 7.11. The van der Waals surface area contributed by atoms with Gasteiger partial charge in [0.1, 0.15) is 10.6 Å². The zero-order chi connectivity index (χ0) is 15.5. The maximum atomic E-state index is 12.8. The molecule has 6 heteroatoms. The third-order valence-corrected chi connectivity index (χ3v) is 4.70. The summed E-state index contributed by atoms with van der Waals surface area (Å²) in [5.41, 5.74) is -0.564. The number of carboxylic acids is 1. The summed E-state index contributed by atoms with van der Waals surface area (Å²) < 4.78 is 0. The number of amides is 1. The second-order valence-electron chi connectivity index (χ2n) is 5.21. The van der Waals surface area contributed by atoms with E-state index < -0.39 is 11.5 Å². The molecule has 0 aliphatic carbocycles. The minimum Gasteiger partial charge on any atom is -0.479 e. The van der Waals surface area contributed by atoms with Crippen LogP contribution in [0, 0.1) is 0 Å². The van der Waals surface area contributed by atoms with E-state index >= 15 is 0 Å². The van der Waals surface area contributed by atoms with E-state index in [2.05, 4.69) is 4.98 Å². The molecule has 0 bridgehead atoms. The maximum absolute atomic E-state index is 12.8. The molecule has 1 unspecified atom stereocenters. The third kappa shape index (κ3) is 2.77. The van der Waals surface area contributed by atoms with Gasteiger partial charge in [0.05, 0.1) is 5.56 Å². The van der Waals surface area contributed by atoms with Crippen LogP contribution < -0.4 is 0 Å². The summed E-state index contributed by atoms with van der Waals surface area (Å²) in [6.07, 6.45) is 5.98. The quantitative estimate of drug-likeness (QED) is 0.847. The molecule has 1 aliphatic heterocycles. The van der Waals surface area contributed by atoms with E-state index in [1.165, 1.54) is 16.7 Å². The second-order valence-corrected chi connectivity index (χ2v) is 6.00. The summed E-state index contributed by atoms with van der Waals surface area (Å²) in [5, 5.41) is 10.3. The summed E-state index contributed by atoms with van der Waals surface area (Å²) in [4.78, 5) is 30.4. The predicted molar refractivity (Wildman–Crippen MR) is 81.6 cm³/mol. The topological polar surface area (TPSA) is 70.5 Å². The molecule has 0 aromatic carbocycles. The van der Waals surface area contributed by atoms with Crippen molar-refractivity contribution in [3.8, 4) is 0 Å². The number of thioether (sulfide) groups is 1. The van der Waals surface area contributed by atoms with Gasteiger partial charge in [-0.15, -0.1) is 11.8 Å². The summed E-state index contributed by atoms with van der Waals surface area (Å²) in [6.45, 7) is 2.44. The van der Waals surface area contributed by atoms with E-state index in [-0.39, 0.29) is 5.91 Å². The maximum Gasteiger partial charge on any atom is 0.329 e. The monoisotopic (exact) mass is 308 g/mol. The second kappa shape index (κ2) is 6.47. The lowest BCUT2D eigenvalue weighted by Crippen LogP contribution is -2.53. The number of aliphatic carboxylic acids is 1. The molecule has 2 rings (SSSR count). The molecule has 1 amide bonds. The number of hydrogen-bond donors (Lipinski definition) is 1. The summed E-state index contributed by atoms with van der Waals surface area (Å²) in [7, 11) is 0. The third-order valence-electron chi connectivity index (χ3n) is 3.99. The van der Waals surface area contributed by atoms with Crippen LogP contribution in [-0.2, 0) is 4.79 Å². The summed E-state index contributed by atoms with van der Waals surface area (Å²) in [6, 6.07) is 3.43. The molecule has 114 valence electrons. The number of rotatable bonds is 5. The number of carboxylic acid groups (broad SMARTS) is 1. The molecule has 1 aromatic rings. The SMILES string of the molecule is CCCC1(C(=O)O)CCCN1C(=O)c1cccnc1SC. The number of nitrogens with zero attached hydrogens (tertiary/aromatic N) is 2. The lowest BCUT2D eigenvalue weighted by atomic mass is 9.90. The molecule has 1 N–H and O–H groups in total. The van der Waals surface area contributed by atoms with Crippen LogP contribution in [0.1, 0.15) is 43.0 Å². The molecular formula is C15H20N2O3S. The highest BCUT2D eigenvalue weighted by atomic mass is 32.2. The van der Waals surface area contributed by atoms with E-state index in [1.807, 2.05) is 13.2 Å². The smallest absolute Gasteiger partial charge is 0.329 e. The number of likely N-dealkylation sites (tertiary alicyclic amines) is 1. The van der Waals surface area contributed by atoms with Crippen LogP contribution in [0.15, 0.2) is 23.4 Å². The molecule has 0 radical (unpaired) electrons. The summed E-state index contributed by atoms with van der Waals surface area (Å²) >= 11 is 1.40. The first-order chi connectivity index (χ1) is 10.1. The fourth-order valence-corrected chi connectivity index (χ4v) is 3.58. The summed E-state index contributed by atoms with van der Waals surface area (Å²) in [5.74, 6) is -1.12. The molecule has 1 aromatic heterocycles. The number of carbonyl (C=O) groups is 2. The van der Waals surface area contributed by atoms with Crippen molar-refractivity contribution in [3.63, 3.8) is 0 Å². The van der Waals surface area contributed by atoms with Gasteiger partial charge in [-0.25, -0.2) is 9.78 Å². The largest absolute Gasteiger partial charge is 0.479 e. The normalized spacial score (nSPS) is 21.5. The van der Waals surface area contributed by atoms with Crippen molar-refractivity contribution >= 4 is 23.6 Å². The minimum absolute atomic E-state index is 0.221. The van der Waals surface area contributed by atoms with Crippen LogP contribution in [0.2, 0.25) is 0 Å². The van der Waals surface area contributed by atoms with Gasteiger partial charge < -0.3 is 10.0 Å². The molecule has 0 spiro atoms. The van der Waals surface area contributed by atoms with Gasteiger partial charge in [0.15, 0.2) is 0 Å². The molecule has 1 fully saturated rings. The van der Waals surface area contributed by atoms with Crippen molar-refractivity contribution in [2.45, 2.75) is 43.2 Å². The first kappa shape index (κ1) is 15.8. The standard InChI is InChI=1S/C15H20N2O3S/c1-3-7-15(14(19)20)8-5-10-17(15)13(18)11-6-4-9-16-12(11)21-2/h4,6,9H,3,5,7-8,10H2,1-2H3,(H,19,20). The van der Waals surface area contributed by atoms with Gasteiger partial charge in [-0.1, -0.05) is 13.3 Å². The van der Waals surface area contributed by atoms with Gasteiger partial charge in [-0.2, -0.15) is 0 Å². The minimum atomic E-state index is -1.06. The van der Waals surface area contributed by atoms with Gasteiger partial charge in [-0.05, 0) is 37.7 Å². The Kier molecular flexibility index (Phi) is 4.88. The van der Waals surface area contributed by atoms with E-state index in [0.717, 1.165) is 12.8 Å². The lowest BCUT2D eigenvalue weighted by Gasteiger charge is -2.34. The Hall–Kier alpha value is -1.56. The number of carbonyl (C=O) groups excluding carboxylic acids is 1. The molecule has 5 nitrogen and oxygen atoms in total. The van der Waals surface area contributed by atoms with Crippen molar-refractivity contribution in [1.82, 2.24) is 9.88 Å². The van der Waals surface area contributed by atoms with Crippen LogP contribution in [0.25, 0.3) is 0 Å². The first-order valence-corrected chi connectivity index (χ1v) is 8.33. The number of aromatic nitrogens is 1. The van der Waals surface area contributed by atoms with Gasteiger partial charge >= 0.3 is 5.97 Å². The number of hydrogen-bond acceptors (Lipinski definition) is 4. The zero-order valence-corrected chi connectivity index (χ0v) is 13.2. The Morgan fingerprint density at radius 1 is 1.52 bits per heavy atom. The Morgan fingerprint density at radius 2 is 2.29 bits per heavy atom. The van der Waals surface area contributed by atoms with Crippen molar-refractivity contribution in [2.75, 3.05) is 12.8 Å². The van der Waals surface area contributed by atoms with Crippen molar-refractivity contribution in [1.29, 1.82) is 0 Å². The fraction of sp³-hybridized carbons (Fsp3) is 0.533. The molecule has 0 saturated carbocycles. The Bertz CT molecular complexity index is 549. The van der Waals surface area contributed by atoms with Crippen LogP contribution in [-0.4, -0.2) is 45.2 Å². The molecule has 21 heavy (non-hydrogen) atoms. The van der Waals surface area contributed by atoms with Crippen LogP contribution in [0.4, 0.5) is 0 Å².